The van der Waals surface area contributed by atoms with E-state index in [4.69, 9.17) is 11.6 Å². The molecule has 0 bridgehead atoms. The molecular weight excluding hydrogens is 280 g/mol. The van der Waals surface area contributed by atoms with Crippen molar-refractivity contribution in [2.24, 2.45) is 0 Å². The molecule has 0 spiro atoms. The molecule has 1 nitrogen and oxygen atoms in total. The Labute approximate surface area is 122 Å². The molecule has 0 unspecified atom stereocenters. The van der Waals surface area contributed by atoms with Gasteiger partial charge in [0.25, 0.3) is 0 Å². The molecular formula is C16H16ClF2N. The lowest BCUT2D eigenvalue weighted by atomic mass is 10.0. The Bertz CT molecular complexity index is 579. The van der Waals surface area contributed by atoms with Crippen LogP contribution in [0.4, 0.5) is 8.78 Å². The highest BCUT2D eigenvalue weighted by atomic mass is 35.5. The van der Waals surface area contributed by atoms with Gasteiger partial charge in [0.05, 0.1) is 0 Å². The third-order valence-corrected chi connectivity index (χ3v) is 3.20. The minimum Gasteiger partial charge on any atom is -0.313 e. The quantitative estimate of drug-likeness (QED) is 0.782. The minimum atomic E-state index is -0.400. The molecule has 0 saturated heterocycles. The van der Waals surface area contributed by atoms with E-state index in [1.165, 1.54) is 18.2 Å². The van der Waals surface area contributed by atoms with E-state index in [-0.39, 0.29) is 5.82 Å². The van der Waals surface area contributed by atoms with Crippen LogP contribution < -0.4 is 5.32 Å². The Balaban J connectivity index is 2.30. The molecule has 2 aromatic carbocycles. The molecule has 20 heavy (non-hydrogen) atoms. The maximum atomic E-state index is 13.7. The Hall–Kier alpha value is -1.45. The van der Waals surface area contributed by atoms with Crippen LogP contribution in [0, 0.1) is 11.6 Å². The van der Waals surface area contributed by atoms with Crippen molar-refractivity contribution in [3.63, 3.8) is 0 Å². The number of hydrogen-bond donors (Lipinski definition) is 1. The van der Waals surface area contributed by atoms with E-state index in [9.17, 15) is 8.78 Å². The molecule has 106 valence electrons. The van der Waals surface area contributed by atoms with Gasteiger partial charge in [0.2, 0.25) is 0 Å². The number of halogens is 3. The first-order valence-electron chi connectivity index (χ1n) is 6.55. The van der Waals surface area contributed by atoms with Gasteiger partial charge in [-0.2, -0.15) is 0 Å². The SMILES string of the molecule is CCCNCc1cc(-c2cc(F)cc(Cl)c2)ccc1F. The maximum Gasteiger partial charge on any atom is 0.127 e. The molecule has 0 aliphatic rings. The number of benzene rings is 2. The molecule has 0 heterocycles. The second-order valence-corrected chi connectivity index (χ2v) is 5.08. The van der Waals surface area contributed by atoms with E-state index in [0.29, 0.717) is 22.7 Å². The first-order chi connectivity index (χ1) is 9.60. The summed E-state index contributed by atoms with van der Waals surface area (Å²) in [6.45, 7) is 3.33. The van der Waals surface area contributed by atoms with Crippen molar-refractivity contribution in [1.82, 2.24) is 5.32 Å². The van der Waals surface area contributed by atoms with Crippen molar-refractivity contribution in [3.8, 4) is 11.1 Å². The fraction of sp³-hybridized carbons (Fsp3) is 0.250. The summed E-state index contributed by atoms with van der Waals surface area (Å²) in [5.74, 6) is -0.665. The first-order valence-corrected chi connectivity index (χ1v) is 6.93. The highest BCUT2D eigenvalue weighted by Gasteiger charge is 2.07. The fourth-order valence-corrected chi connectivity index (χ4v) is 2.23. The van der Waals surface area contributed by atoms with Crippen LogP contribution in [-0.2, 0) is 6.54 Å². The predicted molar refractivity (Wildman–Crippen MR) is 78.8 cm³/mol. The molecule has 0 aliphatic carbocycles. The predicted octanol–water partition coefficient (Wildman–Crippen LogP) is 4.78. The summed E-state index contributed by atoms with van der Waals surface area (Å²) in [5.41, 5.74) is 1.96. The molecule has 2 rings (SSSR count). The summed E-state index contributed by atoms with van der Waals surface area (Å²) in [5, 5.41) is 3.48. The van der Waals surface area contributed by atoms with Gasteiger partial charge in [-0.3, -0.25) is 0 Å². The van der Waals surface area contributed by atoms with Gasteiger partial charge in [-0.25, -0.2) is 8.78 Å². The second-order valence-electron chi connectivity index (χ2n) is 4.64. The lowest BCUT2D eigenvalue weighted by Crippen LogP contribution is -2.14. The molecule has 2 aromatic rings. The summed E-state index contributed by atoms with van der Waals surface area (Å²) in [7, 11) is 0. The van der Waals surface area contributed by atoms with Gasteiger partial charge in [0.1, 0.15) is 11.6 Å². The third-order valence-electron chi connectivity index (χ3n) is 2.98. The standard InChI is InChI=1S/C16H16ClF2N/c1-2-5-20-10-13-6-11(3-4-16(13)19)12-7-14(17)9-15(18)8-12/h3-4,6-9,20H,2,5,10H2,1H3. The van der Waals surface area contributed by atoms with Gasteiger partial charge < -0.3 is 5.32 Å². The lowest BCUT2D eigenvalue weighted by molar-refractivity contribution is 0.587. The largest absolute Gasteiger partial charge is 0.313 e. The first kappa shape index (κ1) is 14.9. The normalized spacial score (nSPS) is 10.8. The zero-order chi connectivity index (χ0) is 14.5. The number of nitrogens with one attached hydrogen (secondary N) is 1. The van der Waals surface area contributed by atoms with E-state index in [0.717, 1.165) is 18.5 Å². The Morgan fingerprint density at radius 2 is 1.85 bits per heavy atom. The van der Waals surface area contributed by atoms with Gasteiger partial charge in [-0.1, -0.05) is 24.6 Å². The van der Waals surface area contributed by atoms with Gasteiger partial charge >= 0.3 is 0 Å². The number of hydrogen-bond acceptors (Lipinski definition) is 1. The average Bonchev–Trinajstić information content (AvgIpc) is 2.40. The Morgan fingerprint density at radius 1 is 1.05 bits per heavy atom. The van der Waals surface area contributed by atoms with E-state index in [1.54, 1.807) is 18.2 Å². The van der Waals surface area contributed by atoms with Gasteiger partial charge in [0, 0.05) is 17.1 Å². The van der Waals surface area contributed by atoms with Crippen LogP contribution in [0.1, 0.15) is 18.9 Å². The van der Waals surface area contributed by atoms with E-state index >= 15 is 0 Å². The summed E-state index contributed by atoms with van der Waals surface area (Å²) < 4.78 is 27.1. The van der Waals surface area contributed by atoms with Crippen LogP contribution in [0.15, 0.2) is 36.4 Å². The molecule has 4 heteroatoms. The van der Waals surface area contributed by atoms with E-state index in [1.807, 2.05) is 0 Å². The average molecular weight is 296 g/mol. The van der Waals surface area contributed by atoms with Crippen molar-refractivity contribution in [1.29, 1.82) is 0 Å². The highest BCUT2D eigenvalue weighted by molar-refractivity contribution is 6.30. The van der Waals surface area contributed by atoms with Crippen LogP contribution in [0.2, 0.25) is 5.02 Å². The topological polar surface area (TPSA) is 12.0 Å². The fourth-order valence-electron chi connectivity index (χ4n) is 2.01. The highest BCUT2D eigenvalue weighted by Crippen LogP contribution is 2.26. The number of rotatable bonds is 5. The van der Waals surface area contributed by atoms with Crippen LogP contribution >= 0.6 is 11.6 Å². The summed E-state index contributed by atoms with van der Waals surface area (Å²) in [6, 6.07) is 9.06. The van der Waals surface area contributed by atoms with Crippen molar-refractivity contribution in [2.45, 2.75) is 19.9 Å². The zero-order valence-corrected chi connectivity index (χ0v) is 12.0. The van der Waals surface area contributed by atoms with Gasteiger partial charge in [0.15, 0.2) is 0 Å². The third kappa shape index (κ3) is 3.78. The van der Waals surface area contributed by atoms with Crippen molar-refractivity contribution >= 4 is 11.6 Å². The summed E-state index contributed by atoms with van der Waals surface area (Å²) in [4.78, 5) is 0. The Kier molecular flexibility index (Phi) is 5.10. The molecule has 1 N–H and O–H groups in total. The molecule has 0 aliphatic heterocycles. The smallest absolute Gasteiger partial charge is 0.127 e. The van der Waals surface area contributed by atoms with E-state index in [2.05, 4.69) is 12.2 Å². The Morgan fingerprint density at radius 3 is 2.55 bits per heavy atom. The molecule has 0 saturated carbocycles. The lowest BCUT2D eigenvalue weighted by Gasteiger charge is -2.09. The minimum absolute atomic E-state index is 0.264. The van der Waals surface area contributed by atoms with Crippen molar-refractivity contribution < 1.29 is 8.78 Å². The van der Waals surface area contributed by atoms with Gasteiger partial charge in [-0.05, 0) is 54.4 Å². The van der Waals surface area contributed by atoms with Crippen molar-refractivity contribution in [2.75, 3.05) is 6.54 Å². The molecule has 0 aromatic heterocycles. The molecule has 0 fully saturated rings. The van der Waals surface area contributed by atoms with Crippen LogP contribution in [0.25, 0.3) is 11.1 Å². The zero-order valence-electron chi connectivity index (χ0n) is 11.2. The maximum absolute atomic E-state index is 13.7. The van der Waals surface area contributed by atoms with Crippen LogP contribution in [-0.4, -0.2) is 6.54 Å². The molecule has 0 radical (unpaired) electrons. The monoisotopic (exact) mass is 295 g/mol. The summed E-state index contributed by atoms with van der Waals surface area (Å²) >= 11 is 5.85. The van der Waals surface area contributed by atoms with Crippen LogP contribution in [0.3, 0.4) is 0 Å². The molecule has 0 amide bonds. The van der Waals surface area contributed by atoms with Crippen LogP contribution in [0.5, 0.6) is 0 Å². The molecule has 0 atom stereocenters. The van der Waals surface area contributed by atoms with E-state index < -0.39 is 5.82 Å². The second kappa shape index (κ2) is 6.82. The summed E-state index contributed by atoms with van der Waals surface area (Å²) in [6.07, 6.45) is 0.987. The van der Waals surface area contributed by atoms with Gasteiger partial charge in [-0.15, -0.1) is 0 Å². The van der Waals surface area contributed by atoms with Crippen molar-refractivity contribution in [3.05, 3.63) is 58.6 Å².